The molecular formula is C13H16ClN3O2S. The van der Waals surface area contributed by atoms with E-state index in [-0.39, 0.29) is 27.4 Å². The van der Waals surface area contributed by atoms with Crippen molar-refractivity contribution in [3.8, 4) is 6.07 Å². The average molecular weight is 314 g/mol. The molecule has 20 heavy (non-hydrogen) atoms. The van der Waals surface area contributed by atoms with Crippen LogP contribution in [0.25, 0.3) is 0 Å². The maximum atomic E-state index is 12.3. The van der Waals surface area contributed by atoms with Gasteiger partial charge in [0.15, 0.2) is 0 Å². The molecule has 0 saturated heterocycles. The first-order valence-corrected chi connectivity index (χ1v) is 8.26. The molecule has 1 aromatic carbocycles. The monoisotopic (exact) mass is 313 g/mol. The zero-order valence-corrected chi connectivity index (χ0v) is 12.4. The third-order valence-electron chi connectivity index (χ3n) is 3.64. The quantitative estimate of drug-likeness (QED) is 0.882. The molecule has 2 unspecified atom stereocenters. The summed E-state index contributed by atoms with van der Waals surface area (Å²) in [4.78, 5) is 0.0733. The fraction of sp³-hybridized carbons (Fsp3) is 0.462. The first-order valence-electron chi connectivity index (χ1n) is 6.40. The van der Waals surface area contributed by atoms with E-state index >= 15 is 0 Å². The van der Waals surface area contributed by atoms with Crippen LogP contribution >= 0.6 is 11.6 Å². The Balaban J connectivity index is 2.23. The molecule has 1 aromatic rings. The molecule has 108 valence electrons. The smallest absolute Gasteiger partial charge is 0.240 e. The van der Waals surface area contributed by atoms with Gasteiger partial charge >= 0.3 is 0 Å². The Morgan fingerprint density at radius 2 is 2.20 bits per heavy atom. The van der Waals surface area contributed by atoms with Crippen LogP contribution in [0.2, 0.25) is 5.02 Å². The molecule has 0 radical (unpaired) electrons. The van der Waals surface area contributed by atoms with Crippen LogP contribution in [-0.4, -0.2) is 21.0 Å². The summed E-state index contributed by atoms with van der Waals surface area (Å²) in [5, 5.41) is 8.93. The molecule has 2 rings (SSSR count). The van der Waals surface area contributed by atoms with Crippen molar-refractivity contribution in [3.05, 3.63) is 28.8 Å². The van der Waals surface area contributed by atoms with Crippen molar-refractivity contribution in [1.82, 2.24) is 4.72 Å². The second-order valence-corrected chi connectivity index (χ2v) is 7.03. The Hall–Kier alpha value is -1.13. The van der Waals surface area contributed by atoms with Gasteiger partial charge in [-0.1, -0.05) is 18.0 Å². The van der Waals surface area contributed by atoms with Crippen LogP contribution < -0.4 is 10.5 Å². The minimum atomic E-state index is -3.63. The number of benzene rings is 1. The Bertz CT molecular complexity index is 640. The lowest BCUT2D eigenvalue weighted by atomic mass is 10.1. The second-order valence-electron chi connectivity index (χ2n) is 4.91. The standard InChI is InChI=1S/C13H16ClN3O2S/c14-12-6-11(5-4-9(12)7-15)20(18,19)17-13-3-1-2-10(13)8-16/h4-6,10,13,17H,1-3,8,16H2. The Morgan fingerprint density at radius 1 is 1.45 bits per heavy atom. The average Bonchev–Trinajstić information content (AvgIpc) is 2.85. The summed E-state index contributed by atoms with van der Waals surface area (Å²) in [6.07, 6.45) is 2.71. The molecule has 1 saturated carbocycles. The first kappa shape index (κ1) is 15.3. The lowest BCUT2D eigenvalue weighted by molar-refractivity contribution is 0.453. The van der Waals surface area contributed by atoms with Gasteiger partial charge in [-0.25, -0.2) is 13.1 Å². The molecule has 1 fully saturated rings. The van der Waals surface area contributed by atoms with Crippen molar-refractivity contribution in [2.24, 2.45) is 11.7 Å². The molecule has 2 atom stereocenters. The van der Waals surface area contributed by atoms with Gasteiger partial charge in [0.05, 0.1) is 15.5 Å². The fourth-order valence-electron chi connectivity index (χ4n) is 2.50. The van der Waals surface area contributed by atoms with Crippen molar-refractivity contribution in [3.63, 3.8) is 0 Å². The molecule has 0 bridgehead atoms. The molecule has 0 aromatic heterocycles. The summed E-state index contributed by atoms with van der Waals surface area (Å²) >= 11 is 5.87. The maximum absolute atomic E-state index is 12.3. The van der Waals surface area contributed by atoms with E-state index in [1.54, 1.807) is 0 Å². The molecular weight excluding hydrogens is 298 g/mol. The minimum absolute atomic E-state index is 0.0733. The van der Waals surface area contributed by atoms with E-state index in [2.05, 4.69) is 4.72 Å². The molecule has 0 aliphatic heterocycles. The van der Waals surface area contributed by atoms with Crippen LogP contribution in [0, 0.1) is 17.2 Å². The highest BCUT2D eigenvalue weighted by Gasteiger charge is 2.30. The van der Waals surface area contributed by atoms with Crippen molar-refractivity contribution in [1.29, 1.82) is 5.26 Å². The highest BCUT2D eigenvalue weighted by atomic mass is 35.5. The number of halogens is 1. The number of sulfonamides is 1. The van der Waals surface area contributed by atoms with Crippen LogP contribution in [0.5, 0.6) is 0 Å². The first-order chi connectivity index (χ1) is 9.47. The number of nitrogens with two attached hydrogens (primary N) is 1. The Labute approximate surface area is 123 Å². The van der Waals surface area contributed by atoms with Crippen LogP contribution in [0.3, 0.4) is 0 Å². The van der Waals surface area contributed by atoms with E-state index < -0.39 is 10.0 Å². The SMILES string of the molecule is N#Cc1ccc(S(=O)(=O)NC2CCCC2CN)cc1Cl. The van der Waals surface area contributed by atoms with Gasteiger partial charge in [0, 0.05) is 6.04 Å². The van der Waals surface area contributed by atoms with Gasteiger partial charge in [-0.05, 0) is 43.5 Å². The fourth-order valence-corrected chi connectivity index (χ4v) is 4.15. The normalized spacial score (nSPS) is 22.6. The van der Waals surface area contributed by atoms with Gasteiger partial charge in [0.25, 0.3) is 0 Å². The zero-order valence-electron chi connectivity index (χ0n) is 10.8. The van der Waals surface area contributed by atoms with Crippen molar-refractivity contribution in [2.75, 3.05) is 6.54 Å². The van der Waals surface area contributed by atoms with Gasteiger partial charge in [-0.15, -0.1) is 0 Å². The highest BCUT2D eigenvalue weighted by Crippen LogP contribution is 2.27. The number of nitrogens with one attached hydrogen (secondary N) is 1. The number of hydrogen-bond acceptors (Lipinski definition) is 4. The third kappa shape index (κ3) is 3.13. The van der Waals surface area contributed by atoms with Crippen molar-refractivity contribution in [2.45, 2.75) is 30.2 Å². The molecule has 5 nitrogen and oxygen atoms in total. The molecule has 0 amide bonds. The summed E-state index contributed by atoms with van der Waals surface area (Å²) in [5.74, 6) is 0.179. The van der Waals surface area contributed by atoms with Gasteiger partial charge in [-0.2, -0.15) is 5.26 Å². The highest BCUT2D eigenvalue weighted by molar-refractivity contribution is 7.89. The molecule has 0 heterocycles. The van der Waals surface area contributed by atoms with E-state index in [9.17, 15) is 8.42 Å². The van der Waals surface area contributed by atoms with E-state index in [4.69, 9.17) is 22.6 Å². The number of hydrogen-bond donors (Lipinski definition) is 2. The van der Waals surface area contributed by atoms with Crippen LogP contribution in [-0.2, 0) is 10.0 Å². The molecule has 0 spiro atoms. The Morgan fingerprint density at radius 3 is 2.80 bits per heavy atom. The largest absolute Gasteiger partial charge is 0.330 e. The second kappa shape index (κ2) is 6.10. The van der Waals surface area contributed by atoms with E-state index in [0.29, 0.717) is 6.54 Å². The van der Waals surface area contributed by atoms with Gasteiger partial charge in [0.1, 0.15) is 6.07 Å². The van der Waals surface area contributed by atoms with E-state index in [0.717, 1.165) is 19.3 Å². The summed E-state index contributed by atoms with van der Waals surface area (Å²) in [6.45, 7) is 0.474. The molecule has 7 heteroatoms. The van der Waals surface area contributed by atoms with Crippen LogP contribution in [0.1, 0.15) is 24.8 Å². The predicted octanol–water partition coefficient (Wildman–Crippen LogP) is 1.62. The summed E-state index contributed by atoms with van der Waals surface area (Å²) < 4.78 is 27.3. The number of nitriles is 1. The third-order valence-corrected chi connectivity index (χ3v) is 5.44. The number of rotatable bonds is 4. The lowest BCUT2D eigenvalue weighted by Crippen LogP contribution is -2.39. The number of nitrogens with zero attached hydrogens (tertiary/aromatic N) is 1. The zero-order chi connectivity index (χ0) is 14.8. The van der Waals surface area contributed by atoms with Crippen molar-refractivity contribution < 1.29 is 8.42 Å². The maximum Gasteiger partial charge on any atom is 0.240 e. The predicted molar refractivity (Wildman–Crippen MR) is 76.7 cm³/mol. The molecule has 3 N–H and O–H groups in total. The minimum Gasteiger partial charge on any atom is -0.330 e. The Kier molecular flexibility index (Phi) is 4.66. The summed E-state index contributed by atoms with van der Waals surface area (Å²) in [6, 6.07) is 5.87. The summed E-state index contributed by atoms with van der Waals surface area (Å²) in [7, 11) is -3.63. The molecule has 1 aliphatic carbocycles. The molecule has 1 aliphatic rings. The topological polar surface area (TPSA) is 96.0 Å². The van der Waals surface area contributed by atoms with Crippen LogP contribution in [0.4, 0.5) is 0 Å². The van der Waals surface area contributed by atoms with E-state index in [1.807, 2.05) is 6.07 Å². The van der Waals surface area contributed by atoms with Crippen LogP contribution in [0.15, 0.2) is 23.1 Å². The van der Waals surface area contributed by atoms with Crippen molar-refractivity contribution >= 4 is 21.6 Å². The summed E-state index contributed by atoms with van der Waals surface area (Å²) in [5.41, 5.74) is 5.91. The lowest BCUT2D eigenvalue weighted by Gasteiger charge is -2.19. The van der Waals surface area contributed by atoms with Gasteiger partial charge in [-0.3, -0.25) is 0 Å². The van der Waals surface area contributed by atoms with E-state index in [1.165, 1.54) is 18.2 Å². The van der Waals surface area contributed by atoms with Gasteiger partial charge in [0.2, 0.25) is 10.0 Å². The van der Waals surface area contributed by atoms with Gasteiger partial charge < -0.3 is 5.73 Å².